The Morgan fingerprint density at radius 3 is 2.62 bits per heavy atom. The average molecular weight is 282 g/mol. The molecule has 0 saturated carbocycles. The van der Waals surface area contributed by atoms with Gasteiger partial charge in [-0.15, -0.1) is 0 Å². The molecule has 0 bridgehead atoms. The summed E-state index contributed by atoms with van der Waals surface area (Å²) in [6, 6.07) is 14.6. The van der Waals surface area contributed by atoms with Gasteiger partial charge in [0.1, 0.15) is 0 Å². The van der Waals surface area contributed by atoms with Crippen molar-refractivity contribution in [1.82, 2.24) is 4.90 Å². The van der Waals surface area contributed by atoms with Crippen LogP contribution in [0.15, 0.2) is 42.5 Å². The molecule has 2 unspecified atom stereocenters. The summed E-state index contributed by atoms with van der Waals surface area (Å²) in [4.78, 5) is 14.2. The Hall–Kier alpha value is -1.87. The van der Waals surface area contributed by atoms with Crippen LogP contribution in [-0.4, -0.2) is 23.4 Å². The lowest BCUT2D eigenvalue weighted by Crippen LogP contribution is -2.35. The monoisotopic (exact) mass is 282 g/mol. The fourth-order valence-electron chi connectivity index (χ4n) is 3.24. The number of benzene rings is 2. The number of rotatable bonds is 3. The van der Waals surface area contributed by atoms with Crippen molar-refractivity contribution in [3.05, 3.63) is 48.0 Å². The highest BCUT2D eigenvalue weighted by Gasteiger charge is 2.38. The van der Waals surface area contributed by atoms with Crippen LogP contribution >= 0.6 is 0 Å². The number of hydrogen-bond donors (Lipinski definition) is 1. The summed E-state index contributed by atoms with van der Waals surface area (Å²) in [7, 11) is 0. The van der Waals surface area contributed by atoms with E-state index in [2.05, 4.69) is 44.2 Å². The molecule has 0 aliphatic carbocycles. The van der Waals surface area contributed by atoms with Crippen LogP contribution in [0.2, 0.25) is 0 Å². The summed E-state index contributed by atoms with van der Waals surface area (Å²) in [5.74, 6) is 0.622. The third-order valence-corrected chi connectivity index (χ3v) is 4.15. The molecule has 0 aromatic heterocycles. The van der Waals surface area contributed by atoms with E-state index in [0.29, 0.717) is 12.3 Å². The zero-order chi connectivity index (χ0) is 15.0. The fourth-order valence-corrected chi connectivity index (χ4v) is 3.24. The minimum atomic E-state index is -0.114. The Morgan fingerprint density at radius 1 is 1.19 bits per heavy atom. The van der Waals surface area contributed by atoms with Gasteiger partial charge < -0.3 is 10.6 Å². The first-order chi connectivity index (χ1) is 10.1. The Bertz CT molecular complexity index is 665. The van der Waals surface area contributed by atoms with Gasteiger partial charge in [0.05, 0.1) is 6.04 Å². The van der Waals surface area contributed by atoms with Crippen molar-refractivity contribution >= 4 is 16.7 Å². The molecule has 2 atom stereocenters. The van der Waals surface area contributed by atoms with E-state index in [4.69, 9.17) is 5.73 Å². The molecule has 1 heterocycles. The number of nitrogens with two attached hydrogens (primary N) is 1. The predicted octanol–water partition coefficient (Wildman–Crippen LogP) is 3.10. The first-order valence-electron chi connectivity index (χ1n) is 7.60. The van der Waals surface area contributed by atoms with Gasteiger partial charge in [-0.1, -0.05) is 50.2 Å². The molecular formula is C18H22N2O. The maximum Gasteiger partial charge on any atom is 0.224 e. The number of amides is 1. The molecule has 21 heavy (non-hydrogen) atoms. The van der Waals surface area contributed by atoms with Gasteiger partial charge in [0, 0.05) is 19.0 Å². The largest absolute Gasteiger partial charge is 0.334 e. The first kappa shape index (κ1) is 14.1. The molecular weight excluding hydrogens is 260 g/mol. The molecule has 2 aromatic carbocycles. The van der Waals surface area contributed by atoms with Crippen molar-refractivity contribution in [3.63, 3.8) is 0 Å². The van der Waals surface area contributed by atoms with Gasteiger partial charge in [-0.2, -0.15) is 0 Å². The van der Waals surface area contributed by atoms with E-state index in [0.717, 1.165) is 12.1 Å². The normalized spacial score (nSPS) is 22.5. The Labute approximate surface area is 125 Å². The highest BCUT2D eigenvalue weighted by atomic mass is 16.2. The van der Waals surface area contributed by atoms with Crippen LogP contribution in [-0.2, 0) is 4.79 Å². The second kappa shape index (κ2) is 5.49. The van der Waals surface area contributed by atoms with Crippen LogP contribution in [0.4, 0.5) is 0 Å². The average Bonchev–Trinajstić information content (AvgIpc) is 2.72. The summed E-state index contributed by atoms with van der Waals surface area (Å²) in [5.41, 5.74) is 7.40. The SMILES string of the molecule is CC(C)CN1C(=O)CC(N)C1c1ccc2ccccc2c1. The van der Waals surface area contributed by atoms with Crippen LogP contribution in [0.25, 0.3) is 10.8 Å². The van der Waals surface area contributed by atoms with Gasteiger partial charge >= 0.3 is 0 Å². The quantitative estimate of drug-likeness (QED) is 0.940. The molecule has 1 amide bonds. The van der Waals surface area contributed by atoms with E-state index in [9.17, 15) is 4.79 Å². The van der Waals surface area contributed by atoms with E-state index < -0.39 is 0 Å². The van der Waals surface area contributed by atoms with Gasteiger partial charge in [0.15, 0.2) is 0 Å². The number of fused-ring (bicyclic) bond motifs is 1. The number of carbonyl (C=O) groups excluding carboxylic acids is 1. The van der Waals surface area contributed by atoms with E-state index in [1.54, 1.807) is 0 Å². The Morgan fingerprint density at radius 2 is 1.90 bits per heavy atom. The van der Waals surface area contributed by atoms with Gasteiger partial charge in [-0.25, -0.2) is 0 Å². The summed E-state index contributed by atoms with van der Waals surface area (Å²) < 4.78 is 0. The van der Waals surface area contributed by atoms with Crippen molar-refractivity contribution in [2.45, 2.75) is 32.4 Å². The molecule has 1 saturated heterocycles. The van der Waals surface area contributed by atoms with E-state index in [1.807, 2.05) is 17.0 Å². The third-order valence-electron chi connectivity index (χ3n) is 4.15. The molecule has 1 aliphatic rings. The predicted molar refractivity (Wildman–Crippen MR) is 85.8 cm³/mol. The fraction of sp³-hybridized carbons (Fsp3) is 0.389. The molecule has 2 aromatic rings. The minimum absolute atomic E-state index is 0.00417. The van der Waals surface area contributed by atoms with Crippen LogP contribution < -0.4 is 5.73 Å². The number of nitrogens with zero attached hydrogens (tertiary/aromatic N) is 1. The molecule has 2 N–H and O–H groups in total. The van der Waals surface area contributed by atoms with Crippen LogP contribution in [0.3, 0.4) is 0 Å². The maximum atomic E-state index is 12.2. The molecule has 3 rings (SSSR count). The maximum absolute atomic E-state index is 12.2. The molecule has 1 aliphatic heterocycles. The third kappa shape index (κ3) is 2.66. The van der Waals surface area contributed by atoms with Crippen LogP contribution in [0.5, 0.6) is 0 Å². The standard InChI is InChI=1S/C18H22N2O/c1-12(2)11-20-17(21)10-16(19)18(20)15-8-7-13-5-3-4-6-14(13)9-15/h3-9,12,16,18H,10-11,19H2,1-2H3. The van der Waals surface area contributed by atoms with Crippen molar-refractivity contribution in [3.8, 4) is 0 Å². The molecule has 0 spiro atoms. The Kier molecular flexibility index (Phi) is 3.68. The van der Waals surface area contributed by atoms with Crippen LogP contribution in [0.1, 0.15) is 31.9 Å². The first-order valence-corrected chi connectivity index (χ1v) is 7.60. The second-order valence-corrected chi connectivity index (χ2v) is 6.36. The second-order valence-electron chi connectivity index (χ2n) is 6.36. The Balaban J connectivity index is 2.00. The van der Waals surface area contributed by atoms with E-state index in [1.165, 1.54) is 10.8 Å². The van der Waals surface area contributed by atoms with Crippen molar-refractivity contribution in [2.24, 2.45) is 11.7 Å². The zero-order valence-electron chi connectivity index (χ0n) is 12.6. The highest BCUT2D eigenvalue weighted by molar-refractivity contribution is 5.84. The lowest BCUT2D eigenvalue weighted by molar-refractivity contribution is -0.129. The molecule has 1 fully saturated rings. The van der Waals surface area contributed by atoms with Crippen LogP contribution in [0, 0.1) is 5.92 Å². The molecule has 0 radical (unpaired) electrons. The lowest BCUT2D eigenvalue weighted by Gasteiger charge is -2.29. The number of carbonyl (C=O) groups is 1. The minimum Gasteiger partial charge on any atom is -0.334 e. The van der Waals surface area contributed by atoms with Gasteiger partial charge in [-0.05, 0) is 28.3 Å². The topological polar surface area (TPSA) is 46.3 Å². The summed E-state index contributed by atoms with van der Waals surface area (Å²) in [6.07, 6.45) is 0.449. The van der Waals surface area contributed by atoms with Crippen molar-refractivity contribution < 1.29 is 4.79 Å². The summed E-state index contributed by atoms with van der Waals surface area (Å²) in [5, 5.41) is 2.42. The smallest absolute Gasteiger partial charge is 0.224 e. The van der Waals surface area contributed by atoms with E-state index >= 15 is 0 Å². The lowest BCUT2D eigenvalue weighted by atomic mass is 9.97. The van der Waals surface area contributed by atoms with Crippen molar-refractivity contribution in [2.75, 3.05) is 6.54 Å². The van der Waals surface area contributed by atoms with Gasteiger partial charge in [0.25, 0.3) is 0 Å². The molecule has 3 heteroatoms. The number of likely N-dealkylation sites (tertiary alicyclic amines) is 1. The summed E-state index contributed by atoms with van der Waals surface area (Å²) in [6.45, 7) is 5.03. The van der Waals surface area contributed by atoms with Crippen molar-refractivity contribution in [1.29, 1.82) is 0 Å². The van der Waals surface area contributed by atoms with Gasteiger partial charge in [-0.3, -0.25) is 4.79 Å². The number of hydrogen-bond acceptors (Lipinski definition) is 2. The summed E-state index contributed by atoms with van der Waals surface area (Å²) >= 11 is 0. The highest BCUT2D eigenvalue weighted by Crippen LogP contribution is 2.34. The zero-order valence-corrected chi connectivity index (χ0v) is 12.6. The molecule has 3 nitrogen and oxygen atoms in total. The molecule has 110 valence electrons. The van der Waals surface area contributed by atoms with E-state index in [-0.39, 0.29) is 18.0 Å². The van der Waals surface area contributed by atoms with Gasteiger partial charge in [0.2, 0.25) is 5.91 Å².